The Morgan fingerprint density at radius 1 is 1.10 bits per heavy atom. The van der Waals surface area contributed by atoms with Crippen LogP contribution in [0.5, 0.6) is 0 Å². The molecule has 2 heterocycles. The zero-order valence-electron chi connectivity index (χ0n) is 14.8. The van der Waals surface area contributed by atoms with E-state index in [1.165, 1.54) is 18.3 Å². The first-order valence-corrected chi connectivity index (χ1v) is 10.1. The van der Waals surface area contributed by atoms with Gasteiger partial charge < -0.3 is 10.1 Å². The highest BCUT2D eigenvalue weighted by Crippen LogP contribution is 2.36. The predicted molar refractivity (Wildman–Crippen MR) is 97.6 cm³/mol. The lowest BCUT2D eigenvalue weighted by Crippen LogP contribution is -2.30. The molecule has 2 aromatic carbocycles. The summed E-state index contributed by atoms with van der Waals surface area (Å²) >= 11 is 0. The van der Waals surface area contributed by atoms with Gasteiger partial charge in [-0.05, 0) is 23.8 Å². The largest absolute Gasteiger partial charge is 0.490 e. The van der Waals surface area contributed by atoms with E-state index in [0.717, 1.165) is 3.97 Å². The number of halogens is 3. The molecular weight excluding hydrogens is 409 g/mol. The highest BCUT2D eigenvalue weighted by atomic mass is 32.2. The second kappa shape index (κ2) is 6.89. The summed E-state index contributed by atoms with van der Waals surface area (Å²) in [6, 6.07) is 12.7. The van der Waals surface area contributed by atoms with Gasteiger partial charge in [0.2, 0.25) is 0 Å². The van der Waals surface area contributed by atoms with Crippen molar-refractivity contribution in [2.45, 2.75) is 23.7 Å². The Kier molecular flexibility index (Phi) is 4.62. The maximum absolute atomic E-state index is 13.1. The van der Waals surface area contributed by atoms with Crippen LogP contribution in [0, 0.1) is 0 Å². The number of benzene rings is 2. The van der Waals surface area contributed by atoms with Gasteiger partial charge in [0, 0.05) is 30.2 Å². The smallest absolute Gasteiger partial charge is 0.449 e. The molecule has 6 nitrogen and oxygen atoms in total. The van der Waals surface area contributed by atoms with Crippen molar-refractivity contribution in [2.75, 3.05) is 6.54 Å². The molecule has 1 aliphatic rings. The molecule has 10 heteroatoms. The summed E-state index contributed by atoms with van der Waals surface area (Å²) in [6.07, 6.45) is -5.20. The van der Waals surface area contributed by atoms with Gasteiger partial charge in [-0.2, -0.15) is 13.2 Å². The summed E-state index contributed by atoms with van der Waals surface area (Å²) in [5.74, 6) is -2.32. The average Bonchev–Trinajstić information content (AvgIpc) is 2.99. The van der Waals surface area contributed by atoms with E-state index in [1.807, 2.05) is 0 Å². The Morgan fingerprint density at radius 2 is 1.83 bits per heavy atom. The number of carbonyl (C=O) groups excluding carboxylic acids is 1. The Labute approximate surface area is 163 Å². The van der Waals surface area contributed by atoms with Crippen LogP contribution in [0.1, 0.15) is 17.2 Å². The summed E-state index contributed by atoms with van der Waals surface area (Å²) in [7, 11) is -4.00. The molecule has 0 bridgehead atoms. The monoisotopic (exact) mass is 424 g/mol. The molecular formula is C19H15F3N2O4S. The molecule has 1 N–H and O–H groups in total. The lowest BCUT2D eigenvalue weighted by molar-refractivity contribution is -0.205. The highest BCUT2D eigenvalue weighted by molar-refractivity contribution is 7.90. The molecule has 1 atom stereocenters. The van der Waals surface area contributed by atoms with E-state index in [2.05, 4.69) is 10.1 Å². The quantitative estimate of drug-likeness (QED) is 0.654. The Balaban J connectivity index is 1.90. The number of nitrogens with one attached hydrogen (secondary N) is 1. The first-order valence-electron chi connectivity index (χ1n) is 8.61. The number of nitrogens with zero attached hydrogens (tertiary/aromatic N) is 1. The third kappa shape index (κ3) is 3.38. The first-order chi connectivity index (χ1) is 13.7. The highest BCUT2D eigenvalue weighted by Gasteiger charge is 2.43. The molecule has 0 amide bonds. The van der Waals surface area contributed by atoms with Gasteiger partial charge in [-0.1, -0.05) is 30.3 Å². The lowest BCUT2D eigenvalue weighted by Gasteiger charge is -2.17. The SMILES string of the molecule is O=C(OC1CNCc2cccc3c2c1cn3S(=O)(=O)c1ccccc1)C(F)(F)F. The van der Waals surface area contributed by atoms with E-state index < -0.39 is 28.3 Å². The first kappa shape index (κ1) is 19.5. The van der Waals surface area contributed by atoms with Crippen molar-refractivity contribution >= 4 is 26.9 Å². The maximum Gasteiger partial charge on any atom is 0.490 e. The van der Waals surface area contributed by atoms with Gasteiger partial charge in [0.05, 0.1) is 10.4 Å². The molecule has 0 radical (unpaired) electrons. The van der Waals surface area contributed by atoms with E-state index >= 15 is 0 Å². The van der Waals surface area contributed by atoms with Crippen molar-refractivity contribution in [1.82, 2.24) is 9.29 Å². The minimum atomic E-state index is -5.15. The Morgan fingerprint density at radius 3 is 2.52 bits per heavy atom. The minimum Gasteiger partial charge on any atom is -0.449 e. The van der Waals surface area contributed by atoms with Crippen LogP contribution in [-0.4, -0.2) is 31.1 Å². The predicted octanol–water partition coefficient (Wildman–Crippen LogP) is 3.13. The minimum absolute atomic E-state index is 0.0351. The third-order valence-corrected chi connectivity index (χ3v) is 6.37. The van der Waals surface area contributed by atoms with Gasteiger partial charge in [0.15, 0.2) is 0 Å². The maximum atomic E-state index is 13.1. The standard InChI is InChI=1S/C19H15F3N2O4S/c20-19(21,22)18(25)28-16-10-23-9-12-5-4-8-15-17(12)14(16)11-24(15)29(26,27)13-6-2-1-3-7-13/h1-8,11,16,23H,9-10H2. The number of alkyl halides is 3. The van der Waals surface area contributed by atoms with Crippen molar-refractivity contribution in [2.24, 2.45) is 0 Å². The molecule has 1 aromatic heterocycles. The zero-order chi connectivity index (χ0) is 20.8. The summed E-state index contributed by atoms with van der Waals surface area (Å²) in [5, 5.41) is 3.39. The lowest BCUT2D eigenvalue weighted by atomic mass is 10.0. The van der Waals surface area contributed by atoms with Gasteiger partial charge in [-0.25, -0.2) is 17.2 Å². The topological polar surface area (TPSA) is 77.4 Å². The van der Waals surface area contributed by atoms with Crippen molar-refractivity contribution in [1.29, 1.82) is 0 Å². The van der Waals surface area contributed by atoms with Crippen LogP contribution < -0.4 is 5.32 Å². The van der Waals surface area contributed by atoms with E-state index in [1.54, 1.807) is 36.4 Å². The average molecular weight is 424 g/mol. The van der Waals surface area contributed by atoms with Crippen LogP contribution in [0.2, 0.25) is 0 Å². The molecule has 4 rings (SSSR count). The fraction of sp³-hybridized carbons (Fsp3) is 0.211. The van der Waals surface area contributed by atoms with Gasteiger partial charge >= 0.3 is 12.1 Å². The number of esters is 1. The van der Waals surface area contributed by atoms with E-state index in [-0.39, 0.29) is 17.0 Å². The van der Waals surface area contributed by atoms with Crippen LogP contribution in [0.15, 0.2) is 59.6 Å². The van der Waals surface area contributed by atoms with Crippen LogP contribution in [0.3, 0.4) is 0 Å². The second-order valence-electron chi connectivity index (χ2n) is 6.53. The van der Waals surface area contributed by atoms with Crippen molar-refractivity contribution in [3.63, 3.8) is 0 Å². The van der Waals surface area contributed by atoms with Crippen molar-refractivity contribution in [3.05, 3.63) is 65.9 Å². The molecule has 0 fully saturated rings. The molecule has 1 aliphatic heterocycles. The van der Waals surface area contributed by atoms with Gasteiger partial charge in [0.25, 0.3) is 10.0 Å². The molecule has 0 saturated carbocycles. The number of aromatic nitrogens is 1. The van der Waals surface area contributed by atoms with Gasteiger partial charge in [0.1, 0.15) is 6.10 Å². The molecule has 0 spiro atoms. The van der Waals surface area contributed by atoms with Gasteiger partial charge in [-0.3, -0.25) is 0 Å². The van der Waals surface area contributed by atoms with E-state index in [4.69, 9.17) is 0 Å². The normalized spacial score (nSPS) is 17.1. The second-order valence-corrected chi connectivity index (χ2v) is 8.35. The van der Waals surface area contributed by atoms with Crippen molar-refractivity contribution in [3.8, 4) is 0 Å². The molecule has 0 aliphatic carbocycles. The van der Waals surface area contributed by atoms with Crippen LogP contribution >= 0.6 is 0 Å². The van der Waals surface area contributed by atoms with Crippen LogP contribution in [-0.2, 0) is 26.1 Å². The summed E-state index contributed by atoms with van der Waals surface area (Å²) < 4.78 is 70.1. The summed E-state index contributed by atoms with van der Waals surface area (Å²) in [6.45, 7) is 0.209. The van der Waals surface area contributed by atoms with E-state index in [0.29, 0.717) is 23.0 Å². The van der Waals surface area contributed by atoms with Crippen LogP contribution in [0.4, 0.5) is 13.2 Å². The van der Waals surface area contributed by atoms with Gasteiger partial charge in [-0.15, -0.1) is 0 Å². The fourth-order valence-corrected chi connectivity index (χ4v) is 4.80. The summed E-state index contributed by atoms with van der Waals surface area (Å²) in [4.78, 5) is 11.4. The Bertz CT molecular complexity index is 1190. The van der Waals surface area contributed by atoms with Crippen LogP contribution in [0.25, 0.3) is 10.9 Å². The number of carbonyl (C=O) groups is 1. The molecule has 3 aromatic rings. The number of hydrogen-bond acceptors (Lipinski definition) is 5. The molecule has 1 unspecified atom stereocenters. The fourth-order valence-electron chi connectivity index (χ4n) is 3.41. The summed E-state index contributed by atoms with van der Waals surface area (Å²) in [5.41, 5.74) is 1.21. The number of hydrogen-bond donors (Lipinski definition) is 1. The number of rotatable bonds is 3. The number of ether oxygens (including phenoxy) is 1. The molecule has 152 valence electrons. The Hall–Kier alpha value is -2.85. The third-order valence-electron chi connectivity index (χ3n) is 4.68. The molecule has 29 heavy (non-hydrogen) atoms. The molecule has 0 saturated heterocycles. The van der Waals surface area contributed by atoms with E-state index in [9.17, 15) is 26.4 Å². The van der Waals surface area contributed by atoms with Crippen molar-refractivity contribution < 1.29 is 31.1 Å². The zero-order valence-corrected chi connectivity index (χ0v) is 15.6.